The molecule has 84 valence electrons. The lowest BCUT2D eigenvalue weighted by Crippen LogP contribution is -2.18. The summed E-state index contributed by atoms with van der Waals surface area (Å²) in [7, 11) is 1.24. The van der Waals surface area contributed by atoms with Crippen molar-refractivity contribution >= 4 is 21.9 Å². The first-order valence-electron chi connectivity index (χ1n) is 4.55. The molecule has 0 bridgehead atoms. The van der Waals surface area contributed by atoms with E-state index in [0.717, 1.165) is 4.47 Å². The van der Waals surface area contributed by atoms with Crippen molar-refractivity contribution in [1.82, 2.24) is 0 Å². The van der Waals surface area contributed by atoms with Gasteiger partial charge in [0.25, 0.3) is 0 Å². The molecule has 0 saturated carbocycles. The molecule has 0 fully saturated rings. The number of hydrogen-bond donors (Lipinski definition) is 1. The second-order valence-electron chi connectivity index (χ2n) is 3.32. The zero-order valence-corrected chi connectivity index (χ0v) is 10.5. The molecule has 3 nitrogen and oxygen atoms in total. The molecule has 0 amide bonds. The highest BCUT2D eigenvalue weighted by atomic mass is 79.9. The van der Waals surface area contributed by atoms with E-state index in [2.05, 4.69) is 32.5 Å². The van der Waals surface area contributed by atoms with Crippen LogP contribution in [0.4, 0.5) is 0 Å². The second kappa shape index (κ2) is 5.15. The Hall–Kier alpha value is -1.31. The van der Waals surface area contributed by atoms with Gasteiger partial charge < -0.3 is 9.84 Å². The third-order valence-electron chi connectivity index (χ3n) is 2.00. The summed E-state index contributed by atoms with van der Waals surface area (Å²) >= 11 is 3.29. The average Bonchev–Trinajstić information content (AvgIpc) is 2.26. The van der Waals surface area contributed by atoms with Gasteiger partial charge in [-0.15, -0.1) is 0 Å². The number of benzene rings is 1. The first-order valence-corrected chi connectivity index (χ1v) is 5.34. The molecular weight excluding hydrogens is 272 g/mol. The molecule has 0 heterocycles. The number of carbonyl (C=O) groups excluding carboxylic acids is 1. The molecule has 1 unspecified atom stereocenters. The molecule has 0 spiro atoms. The molecule has 0 radical (unpaired) electrons. The topological polar surface area (TPSA) is 46.5 Å². The van der Waals surface area contributed by atoms with E-state index in [-0.39, 0.29) is 0 Å². The van der Waals surface area contributed by atoms with Crippen LogP contribution in [0, 0.1) is 11.8 Å². The summed E-state index contributed by atoms with van der Waals surface area (Å²) in [5.41, 5.74) is -0.748. The van der Waals surface area contributed by atoms with Gasteiger partial charge >= 0.3 is 5.97 Å². The number of halogens is 1. The molecule has 0 saturated heterocycles. The Kier molecular flexibility index (Phi) is 4.11. The Bertz CT molecular complexity index is 438. The van der Waals surface area contributed by atoms with Crippen molar-refractivity contribution in [3.05, 3.63) is 34.3 Å². The highest BCUT2D eigenvalue weighted by molar-refractivity contribution is 9.10. The summed E-state index contributed by atoms with van der Waals surface area (Å²) in [6, 6.07) is 7.05. The predicted octanol–water partition coefficient (Wildman–Crippen LogP) is 1.83. The summed E-state index contributed by atoms with van der Waals surface area (Å²) in [5, 5.41) is 10.0. The van der Waals surface area contributed by atoms with E-state index in [4.69, 9.17) is 0 Å². The first kappa shape index (κ1) is 12.8. The monoisotopic (exact) mass is 282 g/mol. The van der Waals surface area contributed by atoms with Crippen molar-refractivity contribution in [2.75, 3.05) is 7.11 Å². The summed E-state index contributed by atoms with van der Waals surface area (Å²) < 4.78 is 5.28. The molecule has 1 atom stereocenters. The zero-order chi connectivity index (χ0) is 12.2. The highest BCUT2D eigenvalue weighted by Gasteiger charge is 2.19. The van der Waals surface area contributed by atoms with E-state index in [1.54, 1.807) is 24.3 Å². The van der Waals surface area contributed by atoms with Crippen LogP contribution in [-0.2, 0) is 15.1 Å². The lowest BCUT2D eigenvalue weighted by molar-refractivity contribution is -0.133. The number of esters is 1. The van der Waals surface area contributed by atoms with Crippen molar-refractivity contribution in [3.8, 4) is 11.8 Å². The van der Waals surface area contributed by atoms with Gasteiger partial charge in [0.2, 0.25) is 0 Å². The van der Waals surface area contributed by atoms with E-state index in [1.807, 2.05) is 0 Å². The smallest absolute Gasteiger partial charge is 0.384 e. The SMILES string of the molecule is COC(=O)C#CC(C)(O)c1ccc(Br)cc1. The predicted molar refractivity (Wildman–Crippen MR) is 63.5 cm³/mol. The molecule has 0 aliphatic heterocycles. The standard InChI is InChI=1S/C12H11BrO3/c1-12(15,8-7-11(14)16-2)9-3-5-10(13)6-4-9/h3-6,15H,1-2H3. The van der Waals surface area contributed by atoms with Crippen LogP contribution in [-0.4, -0.2) is 18.2 Å². The average molecular weight is 283 g/mol. The van der Waals surface area contributed by atoms with Crippen molar-refractivity contribution in [2.24, 2.45) is 0 Å². The maximum absolute atomic E-state index is 10.8. The molecule has 0 aromatic heterocycles. The maximum Gasteiger partial charge on any atom is 0.384 e. The quantitative estimate of drug-likeness (QED) is 0.486. The van der Waals surface area contributed by atoms with Crippen molar-refractivity contribution < 1.29 is 14.6 Å². The molecule has 0 aliphatic carbocycles. The van der Waals surface area contributed by atoms with E-state index >= 15 is 0 Å². The highest BCUT2D eigenvalue weighted by Crippen LogP contribution is 2.21. The molecule has 4 heteroatoms. The lowest BCUT2D eigenvalue weighted by atomic mass is 9.97. The number of carbonyl (C=O) groups is 1. The molecule has 16 heavy (non-hydrogen) atoms. The van der Waals surface area contributed by atoms with Gasteiger partial charge in [0.15, 0.2) is 0 Å². The Morgan fingerprint density at radius 3 is 2.50 bits per heavy atom. The van der Waals surface area contributed by atoms with Crippen LogP contribution < -0.4 is 0 Å². The van der Waals surface area contributed by atoms with Crippen molar-refractivity contribution in [3.63, 3.8) is 0 Å². The van der Waals surface area contributed by atoms with E-state index < -0.39 is 11.6 Å². The van der Waals surface area contributed by atoms with Crippen molar-refractivity contribution in [2.45, 2.75) is 12.5 Å². The minimum Gasteiger partial charge on any atom is -0.459 e. The lowest BCUT2D eigenvalue weighted by Gasteiger charge is -2.16. The minimum atomic E-state index is -1.37. The van der Waals surface area contributed by atoms with Gasteiger partial charge in [-0.1, -0.05) is 34.0 Å². The normalized spacial score (nSPS) is 13.2. The number of methoxy groups -OCH3 is 1. The van der Waals surface area contributed by atoms with Crippen LogP contribution in [0.1, 0.15) is 12.5 Å². The van der Waals surface area contributed by atoms with Gasteiger partial charge in [0, 0.05) is 10.4 Å². The zero-order valence-electron chi connectivity index (χ0n) is 8.95. The Labute approximate surface area is 103 Å². The van der Waals surface area contributed by atoms with Gasteiger partial charge in [-0.3, -0.25) is 0 Å². The molecule has 1 N–H and O–H groups in total. The van der Waals surface area contributed by atoms with Crippen LogP contribution in [0.5, 0.6) is 0 Å². The third-order valence-corrected chi connectivity index (χ3v) is 2.53. The fraction of sp³-hybridized carbons (Fsp3) is 0.250. The van der Waals surface area contributed by atoms with E-state index in [9.17, 15) is 9.90 Å². The number of hydrogen-bond acceptors (Lipinski definition) is 3. The van der Waals surface area contributed by atoms with Gasteiger partial charge in [-0.2, -0.15) is 0 Å². The van der Waals surface area contributed by atoms with Gasteiger partial charge in [0.05, 0.1) is 7.11 Å². The summed E-state index contributed by atoms with van der Waals surface area (Å²) in [6.07, 6.45) is 0. The molecule has 0 aliphatic rings. The second-order valence-corrected chi connectivity index (χ2v) is 4.24. The van der Waals surface area contributed by atoms with Crippen LogP contribution >= 0.6 is 15.9 Å². The number of aliphatic hydroxyl groups is 1. The van der Waals surface area contributed by atoms with Gasteiger partial charge in [-0.25, -0.2) is 4.79 Å². The molecule has 1 aromatic carbocycles. The minimum absolute atomic E-state index is 0.618. The fourth-order valence-corrected chi connectivity index (χ4v) is 1.33. The maximum atomic E-state index is 10.8. The van der Waals surface area contributed by atoms with Gasteiger partial charge in [0.1, 0.15) is 5.60 Å². The van der Waals surface area contributed by atoms with Crippen LogP contribution in [0.15, 0.2) is 28.7 Å². The molecular formula is C12H11BrO3. The van der Waals surface area contributed by atoms with Crippen LogP contribution in [0.3, 0.4) is 0 Å². The molecule has 1 aromatic rings. The Morgan fingerprint density at radius 2 is 2.00 bits per heavy atom. The third kappa shape index (κ3) is 3.37. The summed E-state index contributed by atoms with van der Waals surface area (Å²) in [4.78, 5) is 10.8. The summed E-state index contributed by atoms with van der Waals surface area (Å²) in [5.74, 6) is 4.00. The van der Waals surface area contributed by atoms with E-state index in [1.165, 1.54) is 14.0 Å². The number of rotatable bonds is 1. The van der Waals surface area contributed by atoms with E-state index in [0.29, 0.717) is 5.56 Å². The van der Waals surface area contributed by atoms with Crippen LogP contribution in [0.2, 0.25) is 0 Å². The van der Waals surface area contributed by atoms with Gasteiger partial charge in [-0.05, 0) is 24.6 Å². The molecule has 1 rings (SSSR count). The largest absolute Gasteiger partial charge is 0.459 e. The van der Waals surface area contributed by atoms with Crippen LogP contribution in [0.25, 0.3) is 0 Å². The van der Waals surface area contributed by atoms with Crippen molar-refractivity contribution in [1.29, 1.82) is 0 Å². The fourth-order valence-electron chi connectivity index (χ4n) is 1.07. The number of ether oxygens (including phenoxy) is 1. The Balaban J connectivity index is 2.96. The summed E-state index contributed by atoms with van der Waals surface area (Å²) in [6.45, 7) is 1.52. The first-order chi connectivity index (χ1) is 7.45. The Morgan fingerprint density at radius 1 is 1.44 bits per heavy atom.